The Morgan fingerprint density at radius 1 is 0.921 bits per heavy atom. The van der Waals surface area contributed by atoms with Gasteiger partial charge in [0.05, 0.1) is 10.6 Å². The summed E-state index contributed by atoms with van der Waals surface area (Å²) in [5, 5.41) is 2.86. The van der Waals surface area contributed by atoms with Crippen molar-refractivity contribution < 1.29 is 18.0 Å². The summed E-state index contributed by atoms with van der Waals surface area (Å²) in [5.41, 5.74) is 2.84. The van der Waals surface area contributed by atoms with Crippen LogP contribution in [0.1, 0.15) is 37.5 Å². The molecule has 0 saturated heterocycles. The average Bonchev–Trinajstić information content (AvgIpc) is 2.85. The van der Waals surface area contributed by atoms with Crippen molar-refractivity contribution in [2.24, 2.45) is 0 Å². The van der Waals surface area contributed by atoms with Gasteiger partial charge in [-0.25, -0.2) is 8.42 Å². The Hall–Kier alpha value is -3.17. The fourth-order valence-corrected chi connectivity index (χ4v) is 5.94. The van der Waals surface area contributed by atoms with Crippen LogP contribution in [0.25, 0.3) is 0 Å². The van der Waals surface area contributed by atoms with Gasteiger partial charge in [-0.3, -0.25) is 13.9 Å². The summed E-state index contributed by atoms with van der Waals surface area (Å²) in [7, 11) is -4.09. The lowest BCUT2D eigenvalue weighted by molar-refractivity contribution is -0.139. The Morgan fingerprint density at radius 3 is 2.18 bits per heavy atom. The van der Waals surface area contributed by atoms with Gasteiger partial charge in [-0.15, -0.1) is 0 Å². The van der Waals surface area contributed by atoms with Crippen LogP contribution in [0.2, 0.25) is 0 Å². The fraction of sp³-hybridized carbons (Fsp3) is 0.310. The molecule has 202 valence electrons. The van der Waals surface area contributed by atoms with Gasteiger partial charge in [-0.1, -0.05) is 64.0 Å². The zero-order valence-electron chi connectivity index (χ0n) is 22.3. The number of sulfonamides is 1. The van der Waals surface area contributed by atoms with E-state index in [1.165, 1.54) is 4.90 Å². The highest BCUT2D eigenvalue weighted by Crippen LogP contribution is 2.27. The van der Waals surface area contributed by atoms with E-state index >= 15 is 0 Å². The number of carbonyl (C=O) groups is 2. The Balaban J connectivity index is 2.05. The summed E-state index contributed by atoms with van der Waals surface area (Å²) in [6.07, 6.45) is 0. The second-order valence-corrected chi connectivity index (χ2v) is 12.4. The number of anilines is 1. The maximum Gasteiger partial charge on any atom is 0.264 e. The summed E-state index contributed by atoms with van der Waals surface area (Å²) in [5.74, 6) is -0.803. The molecule has 2 amide bonds. The Morgan fingerprint density at radius 2 is 1.58 bits per heavy atom. The van der Waals surface area contributed by atoms with Gasteiger partial charge < -0.3 is 10.2 Å². The van der Waals surface area contributed by atoms with E-state index in [2.05, 4.69) is 21.2 Å². The van der Waals surface area contributed by atoms with Crippen LogP contribution in [0.15, 0.2) is 82.2 Å². The minimum absolute atomic E-state index is 0.0864. The third kappa shape index (κ3) is 7.23. The van der Waals surface area contributed by atoms with Crippen LogP contribution in [0.4, 0.5) is 5.69 Å². The van der Waals surface area contributed by atoms with Crippen LogP contribution in [0.3, 0.4) is 0 Å². The molecule has 0 spiro atoms. The highest BCUT2D eigenvalue weighted by atomic mass is 79.9. The SMILES string of the molecule is Cc1ccc(S(=O)(=O)N(CC(=O)N(Cc2cccc(Br)c2)C(C)C(=O)NC(C)C)c2ccccc2C)cc1. The van der Waals surface area contributed by atoms with Crippen molar-refractivity contribution in [3.63, 3.8) is 0 Å². The van der Waals surface area contributed by atoms with Crippen LogP contribution in [-0.4, -0.2) is 43.8 Å². The van der Waals surface area contributed by atoms with Crippen molar-refractivity contribution in [1.29, 1.82) is 0 Å². The van der Waals surface area contributed by atoms with E-state index in [4.69, 9.17) is 0 Å². The molecule has 1 atom stereocenters. The topological polar surface area (TPSA) is 86.8 Å². The number of benzene rings is 3. The average molecular weight is 601 g/mol. The number of halogens is 1. The zero-order valence-corrected chi connectivity index (χ0v) is 24.7. The first-order valence-corrected chi connectivity index (χ1v) is 14.6. The summed E-state index contributed by atoms with van der Waals surface area (Å²) in [4.78, 5) is 28.4. The molecule has 0 heterocycles. The van der Waals surface area contributed by atoms with Crippen LogP contribution in [0, 0.1) is 13.8 Å². The number of para-hydroxylation sites is 1. The Bertz CT molecular complexity index is 1390. The molecule has 0 fully saturated rings. The van der Waals surface area contributed by atoms with Crippen LogP contribution >= 0.6 is 15.9 Å². The van der Waals surface area contributed by atoms with Crippen molar-refractivity contribution in [3.05, 3.63) is 94.0 Å². The molecule has 3 aromatic carbocycles. The molecule has 1 unspecified atom stereocenters. The lowest BCUT2D eigenvalue weighted by atomic mass is 10.1. The first-order valence-electron chi connectivity index (χ1n) is 12.4. The first-order chi connectivity index (χ1) is 17.9. The van der Waals surface area contributed by atoms with E-state index < -0.39 is 28.5 Å². The van der Waals surface area contributed by atoms with Crippen LogP contribution in [-0.2, 0) is 26.2 Å². The highest BCUT2D eigenvalue weighted by molar-refractivity contribution is 9.10. The fourth-order valence-electron chi connectivity index (χ4n) is 4.01. The quantitative estimate of drug-likeness (QED) is 0.347. The van der Waals surface area contributed by atoms with Gasteiger partial charge in [0, 0.05) is 17.1 Å². The molecule has 3 aromatic rings. The van der Waals surface area contributed by atoms with E-state index in [1.807, 2.05) is 51.1 Å². The zero-order chi connectivity index (χ0) is 28.0. The third-order valence-electron chi connectivity index (χ3n) is 6.11. The number of carbonyl (C=O) groups excluding carboxylic acids is 2. The lowest BCUT2D eigenvalue weighted by Crippen LogP contribution is -2.52. The van der Waals surface area contributed by atoms with Crippen molar-refractivity contribution in [3.8, 4) is 0 Å². The van der Waals surface area contributed by atoms with Gasteiger partial charge in [0.25, 0.3) is 10.0 Å². The molecule has 0 aliphatic heterocycles. The normalized spacial score (nSPS) is 12.2. The molecule has 0 aliphatic rings. The van der Waals surface area contributed by atoms with E-state index in [-0.39, 0.29) is 23.4 Å². The standard InChI is InChI=1S/C29H34BrN3O4S/c1-20(2)31-29(35)23(5)32(18-24-10-8-11-25(30)17-24)28(34)19-33(27-12-7-6-9-22(27)4)38(36,37)26-15-13-21(3)14-16-26/h6-17,20,23H,18-19H2,1-5H3,(H,31,35). The van der Waals surface area contributed by atoms with E-state index in [1.54, 1.807) is 56.3 Å². The van der Waals surface area contributed by atoms with Gasteiger partial charge in [0.2, 0.25) is 11.8 Å². The van der Waals surface area contributed by atoms with Crippen molar-refractivity contribution in [2.75, 3.05) is 10.8 Å². The van der Waals surface area contributed by atoms with Crippen molar-refractivity contribution in [1.82, 2.24) is 10.2 Å². The Labute approximate surface area is 234 Å². The number of aryl methyl sites for hydroxylation is 2. The first kappa shape index (κ1) is 29.4. The van der Waals surface area contributed by atoms with Crippen LogP contribution in [0.5, 0.6) is 0 Å². The molecule has 3 rings (SSSR count). The number of nitrogens with zero attached hydrogens (tertiary/aromatic N) is 2. The molecular formula is C29H34BrN3O4S. The van der Waals surface area contributed by atoms with Gasteiger partial charge in [0.1, 0.15) is 12.6 Å². The molecule has 0 aliphatic carbocycles. The Kier molecular flexibility index (Phi) is 9.73. The second kappa shape index (κ2) is 12.6. The molecule has 7 nitrogen and oxygen atoms in total. The maximum atomic E-state index is 13.9. The van der Waals surface area contributed by atoms with Gasteiger partial charge in [-0.05, 0) is 76.1 Å². The summed E-state index contributed by atoms with van der Waals surface area (Å²) < 4.78 is 29.7. The maximum absolute atomic E-state index is 13.9. The smallest absolute Gasteiger partial charge is 0.264 e. The predicted molar refractivity (Wildman–Crippen MR) is 154 cm³/mol. The predicted octanol–water partition coefficient (Wildman–Crippen LogP) is 5.20. The molecular weight excluding hydrogens is 566 g/mol. The van der Waals surface area contributed by atoms with E-state index in [0.29, 0.717) is 11.3 Å². The number of hydrogen-bond donors (Lipinski definition) is 1. The number of amides is 2. The molecule has 0 saturated carbocycles. The van der Waals surface area contributed by atoms with Crippen LogP contribution < -0.4 is 9.62 Å². The molecule has 0 radical (unpaired) electrons. The van der Waals surface area contributed by atoms with Gasteiger partial charge >= 0.3 is 0 Å². The third-order valence-corrected chi connectivity index (χ3v) is 8.38. The monoisotopic (exact) mass is 599 g/mol. The lowest BCUT2D eigenvalue weighted by Gasteiger charge is -2.32. The minimum atomic E-state index is -4.09. The van der Waals surface area contributed by atoms with Crippen molar-refractivity contribution in [2.45, 2.75) is 58.1 Å². The second-order valence-electron chi connectivity index (χ2n) is 9.60. The van der Waals surface area contributed by atoms with Gasteiger partial charge in [0.15, 0.2) is 0 Å². The van der Waals surface area contributed by atoms with Gasteiger partial charge in [-0.2, -0.15) is 0 Å². The molecule has 38 heavy (non-hydrogen) atoms. The molecule has 1 N–H and O–H groups in total. The molecule has 0 bridgehead atoms. The van der Waals surface area contributed by atoms with E-state index in [0.717, 1.165) is 19.9 Å². The molecule has 9 heteroatoms. The highest BCUT2D eigenvalue weighted by Gasteiger charge is 2.33. The van der Waals surface area contributed by atoms with E-state index in [9.17, 15) is 18.0 Å². The summed E-state index contributed by atoms with van der Waals surface area (Å²) >= 11 is 3.45. The summed E-state index contributed by atoms with van der Waals surface area (Å²) in [6, 6.07) is 20.1. The number of nitrogens with one attached hydrogen (secondary N) is 1. The minimum Gasteiger partial charge on any atom is -0.352 e. The number of hydrogen-bond acceptors (Lipinski definition) is 4. The van der Waals surface area contributed by atoms with Crippen molar-refractivity contribution >= 4 is 43.5 Å². The summed E-state index contributed by atoms with van der Waals surface area (Å²) in [6.45, 7) is 8.70. The largest absolute Gasteiger partial charge is 0.352 e. The molecule has 0 aromatic heterocycles. The number of rotatable bonds is 10.